The molecule has 5 atom stereocenters. The van der Waals surface area contributed by atoms with Gasteiger partial charge in [-0.2, -0.15) is 0 Å². The SMILES string of the molecule is CC[Si](CC)(CC)O[C@H](/C=C/C(=O)[C@H](C)C[C@H](C)CN=[N+]=[N-])[C@H](C[C@@H](C)CC=O)OCc1ccc(OC)cc1. The Morgan fingerprint density at radius 2 is 1.69 bits per heavy atom. The van der Waals surface area contributed by atoms with Gasteiger partial charge in [-0.3, -0.25) is 4.79 Å². The van der Waals surface area contributed by atoms with Crippen LogP contribution in [0.1, 0.15) is 66.4 Å². The van der Waals surface area contributed by atoms with Gasteiger partial charge < -0.3 is 18.7 Å². The monoisotopic (exact) mass is 559 g/mol. The summed E-state index contributed by atoms with van der Waals surface area (Å²) in [6.07, 6.45) is 5.47. The van der Waals surface area contributed by atoms with Crippen LogP contribution in [0.5, 0.6) is 5.75 Å². The highest BCUT2D eigenvalue weighted by Gasteiger charge is 2.35. The Kier molecular flexibility index (Phi) is 16.6. The predicted molar refractivity (Wildman–Crippen MR) is 159 cm³/mol. The number of methoxy groups -OCH3 is 1. The molecule has 0 unspecified atom stereocenters. The Balaban J connectivity index is 3.25. The van der Waals surface area contributed by atoms with Crippen LogP contribution in [0.3, 0.4) is 0 Å². The van der Waals surface area contributed by atoms with Gasteiger partial charge in [0.2, 0.25) is 0 Å². The predicted octanol–water partition coefficient (Wildman–Crippen LogP) is 7.68. The second-order valence-electron chi connectivity index (χ2n) is 10.7. The molecule has 39 heavy (non-hydrogen) atoms. The van der Waals surface area contributed by atoms with Gasteiger partial charge in [0.15, 0.2) is 14.1 Å². The number of aldehydes is 1. The summed E-state index contributed by atoms with van der Waals surface area (Å²) in [5, 5.41) is 3.64. The van der Waals surface area contributed by atoms with E-state index in [4.69, 9.17) is 19.4 Å². The lowest BCUT2D eigenvalue weighted by Gasteiger charge is -2.36. The number of azide groups is 1. The molecule has 0 aliphatic carbocycles. The number of benzene rings is 1. The lowest BCUT2D eigenvalue weighted by atomic mass is 9.93. The lowest BCUT2D eigenvalue weighted by Crippen LogP contribution is -2.44. The Bertz CT molecular complexity index is 921. The van der Waals surface area contributed by atoms with E-state index in [1.54, 1.807) is 13.2 Å². The molecule has 0 bridgehead atoms. The maximum atomic E-state index is 13.1. The van der Waals surface area contributed by atoms with E-state index in [0.717, 1.165) is 35.7 Å². The largest absolute Gasteiger partial charge is 0.497 e. The van der Waals surface area contributed by atoms with Crippen LogP contribution in [0.15, 0.2) is 41.5 Å². The van der Waals surface area contributed by atoms with Gasteiger partial charge in [-0.1, -0.05) is 64.9 Å². The summed E-state index contributed by atoms with van der Waals surface area (Å²) >= 11 is 0. The molecule has 0 aromatic heterocycles. The number of carbonyl (C=O) groups is 2. The van der Waals surface area contributed by atoms with E-state index in [9.17, 15) is 9.59 Å². The molecule has 1 aromatic carbocycles. The fraction of sp³-hybridized carbons (Fsp3) is 0.667. The second kappa shape index (κ2) is 18.8. The highest BCUT2D eigenvalue weighted by molar-refractivity contribution is 6.73. The van der Waals surface area contributed by atoms with Crippen LogP contribution in [0.25, 0.3) is 10.4 Å². The van der Waals surface area contributed by atoms with E-state index < -0.39 is 14.4 Å². The van der Waals surface area contributed by atoms with Gasteiger partial charge in [0.25, 0.3) is 0 Å². The zero-order valence-electron chi connectivity index (χ0n) is 25.0. The van der Waals surface area contributed by atoms with Crippen molar-refractivity contribution in [2.75, 3.05) is 13.7 Å². The van der Waals surface area contributed by atoms with Crippen LogP contribution < -0.4 is 4.74 Å². The van der Waals surface area contributed by atoms with Crippen molar-refractivity contribution in [3.63, 3.8) is 0 Å². The Hall–Kier alpha value is -2.45. The first-order valence-electron chi connectivity index (χ1n) is 14.3. The van der Waals surface area contributed by atoms with Crippen molar-refractivity contribution in [3.05, 3.63) is 52.4 Å². The minimum atomic E-state index is -2.05. The molecule has 0 spiro atoms. The van der Waals surface area contributed by atoms with Crippen LogP contribution in [0, 0.1) is 17.8 Å². The van der Waals surface area contributed by atoms with Crippen LogP contribution in [0.2, 0.25) is 18.1 Å². The topological polar surface area (TPSA) is 111 Å². The van der Waals surface area contributed by atoms with Crippen LogP contribution in [-0.4, -0.2) is 46.2 Å². The lowest BCUT2D eigenvalue weighted by molar-refractivity contribution is -0.118. The molecule has 0 aliphatic rings. The molecule has 0 amide bonds. The molecule has 0 saturated carbocycles. The highest BCUT2D eigenvalue weighted by Crippen LogP contribution is 2.29. The zero-order valence-corrected chi connectivity index (χ0v) is 26.0. The standard InChI is InChI=1S/C30H49N3O5Si/c1-8-39(9-2,10-3)38-29(16-15-28(35)25(6)19-24(5)21-32-33-31)30(20-23(4)17-18-34)37-22-26-11-13-27(36-7)14-12-26/h11-16,18,23-25,29-30H,8-10,17,19-22H2,1-7H3/b16-15+/t23-,24-,25+,29+,30-/m0/s1. The average Bonchev–Trinajstić information content (AvgIpc) is 2.95. The third-order valence-corrected chi connectivity index (χ3v) is 12.2. The number of ether oxygens (including phenoxy) is 2. The minimum absolute atomic E-state index is 0.0167. The van der Waals surface area contributed by atoms with E-state index in [1.807, 2.05) is 51.1 Å². The quantitative estimate of drug-likeness (QED) is 0.0383. The van der Waals surface area contributed by atoms with E-state index in [2.05, 4.69) is 30.8 Å². The Labute approximate surface area is 236 Å². The van der Waals surface area contributed by atoms with Gasteiger partial charge >= 0.3 is 0 Å². The van der Waals surface area contributed by atoms with Gasteiger partial charge in [-0.05, 0) is 72.1 Å². The minimum Gasteiger partial charge on any atom is -0.497 e. The maximum Gasteiger partial charge on any atom is 0.193 e. The smallest absolute Gasteiger partial charge is 0.193 e. The molecule has 0 saturated heterocycles. The summed E-state index contributed by atoms with van der Waals surface area (Å²) in [6, 6.07) is 10.7. The van der Waals surface area contributed by atoms with Gasteiger partial charge in [0.05, 0.1) is 25.9 Å². The first-order chi connectivity index (χ1) is 18.7. The third-order valence-electron chi connectivity index (χ3n) is 7.59. The fourth-order valence-electron chi connectivity index (χ4n) is 4.73. The Morgan fingerprint density at radius 3 is 2.23 bits per heavy atom. The normalized spacial score (nSPS) is 15.7. The first-order valence-corrected chi connectivity index (χ1v) is 16.8. The molecule has 8 nitrogen and oxygen atoms in total. The van der Waals surface area contributed by atoms with E-state index in [0.29, 0.717) is 32.4 Å². The van der Waals surface area contributed by atoms with Crippen molar-refractivity contribution >= 4 is 20.4 Å². The van der Waals surface area contributed by atoms with Crippen LogP contribution in [0.4, 0.5) is 0 Å². The number of nitrogens with zero attached hydrogens (tertiary/aromatic N) is 3. The maximum absolute atomic E-state index is 13.1. The molecule has 0 N–H and O–H groups in total. The molecule has 0 fully saturated rings. The molecule has 218 valence electrons. The van der Waals surface area contributed by atoms with Gasteiger partial charge in [-0.15, -0.1) is 0 Å². The number of allylic oxidation sites excluding steroid dienone is 1. The number of hydrogen-bond acceptors (Lipinski definition) is 6. The summed E-state index contributed by atoms with van der Waals surface area (Å²) in [5.41, 5.74) is 9.59. The zero-order chi connectivity index (χ0) is 29.3. The molecule has 1 rings (SSSR count). The summed E-state index contributed by atoms with van der Waals surface area (Å²) < 4.78 is 18.7. The second-order valence-corrected chi connectivity index (χ2v) is 15.4. The number of carbonyl (C=O) groups excluding carboxylic acids is 2. The van der Waals surface area contributed by atoms with Gasteiger partial charge in [-0.25, -0.2) is 0 Å². The number of hydrogen-bond donors (Lipinski definition) is 0. The summed E-state index contributed by atoms with van der Waals surface area (Å²) in [4.78, 5) is 27.2. The fourth-order valence-corrected chi connectivity index (χ4v) is 7.54. The van der Waals surface area contributed by atoms with E-state index in [1.165, 1.54) is 0 Å². The van der Waals surface area contributed by atoms with Crippen molar-refractivity contribution in [2.45, 2.75) is 97.8 Å². The summed E-state index contributed by atoms with van der Waals surface area (Å²) in [6.45, 7) is 13.2. The van der Waals surface area contributed by atoms with Crippen LogP contribution in [-0.2, 0) is 25.4 Å². The van der Waals surface area contributed by atoms with Crippen molar-refractivity contribution in [1.29, 1.82) is 0 Å². The average molecular weight is 560 g/mol. The van der Waals surface area contributed by atoms with E-state index >= 15 is 0 Å². The first kappa shape index (κ1) is 34.6. The molecule has 0 heterocycles. The highest BCUT2D eigenvalue weighted by atomic mass is 28.4. The molecular formula is C30H49N3O5Si. The van der Waals surface area contributed by atoms with Crippen molar-refractivity contribution in [3.8, 4) is 5.75 Å². The van der Waals surface area contributed by atoms with Crippen molar-refractivity contribution in [2.24, 2.45) is 22.9 Å². The van der Waals surface area contributed by atoms with Gasteiger partial charge in [0.1, 0.15) is 12.0 Å². The van der Waals surface area contributed by atoms with Gasteiger partial charge in [0, 0.05) is 23.8 Å². The summed E-state index contributed by atoms with van der Waals surface area (Å²) in [7, 11) is -0.411. The number of rotatable bonds is 21. The van der Waals surface area contributed by atoms with Crippen molar-refractivity contribution < 1.29 is 23.5 Å². The summed E-state index contributed by atoms with van der Waals surface area (Å²) in [5.74, 6) is 0.822. The third kappa shape index (κ3) is 12.5. The molecule has 1 aromatic rings. The molecule has 0 radical (unpaired) electrons. The molecular weight excluding hydrogens is 510 g/mol. The van der Waals surface area contributed by atoms with Crippen molar-refractivity contribution in [1.82, 2.24) is 0 Å². The number of ketones is 1. The van der Waals surface area contributed by atoms with Crippen LogP contribution >= 0.6 is 0 Å². The molecule has 9 heteroatoms. The Morgan fingerprint density at radius 1 is 1.05 bits per heavy atom. The molecule has 0 aliphatic heterocycles. The van der Waals surface area contributed by atoms with E-state index in [-0.39, 0.29) is 29.6 Å².